The standard InChI is InChI=1S/C11H12N2O.ClH/c1-8(12)11-13-7-10(14-11)9-5-3-2-4-6-9;/h2-8H,12H2,1H3;1H/t8-;/m1./s1. The van der Waals surface area contributed by atoms with Crippen LogP contribution in [0.4, 0.5) is 0 Å². The highest BCUT2D eigenvalue weighted by molar-refractivity contribution is 5.85. The van der Waals surface area contributed by atoms with Crippen LogP contribution in [0.25, 0.3) is 11.3 Å². The van der Waals surface area contributed by atoms with Gasteiger partial charge in [0, 0.05) is 5.56 Å². The molecule has 2 N–H and O–H groups in total. The van der Waals surface area contributed by atoms with Crippen LogP contribution >= 0.6 is 12.4 Å². The molecular formula is C11H13ClN2O. The minimum absolute atomic E-state index is 0. The van der Waals surface area contributed by atoms with Gasteiger partial charge < -0.3 is 10.2 Å². The molecule has 15 heavy (non-hydrogen) atoms. The van der Waals surface area contributed by atoms with Crippen molar-refractivity contribution in [1.29, 1.82) is 0 Å². The average Bonchev–Trinajstić information content (AvgIpc) is 2.68. The van der Waals surface area contributed by atoms with Crippen LogP contribution in [0.1, 0.15) is 18.9 Å². The van der Waals surface area contributed by atoms with Crippen LogP contribution in [0.5, 0.6) is 0 Å². The maximum Gasteiger partial charge on any atom is 0.211 e. The molecule has 4 heteroatoms. The third-order valence-electron chi connectivity index (χ3n) is 1.97. The molecule has 1 heterocycles. The van der Waals surface area contributed by atoms with Crippen molar-refractivity contribution in [3.05, 3.63) is 42.4 Å². The highest BCUT2D eigenvalue weighted by Gasteiger charge is 2.08. The van der Waals surface area contributed by atoms with Crippen molar-refractivity contribution in [2.45, 2.75) is 13.0 Å². The monoisotopic (exact) mass is 224 g/mol. The number of hydrogen-bond donors (Lipinski definition) is 1. The van der Waals surface area contributed by atoms with Gasteiger partial charge in [0.2, 0.25) is 5.89 Å². The van der Waals surface area contributed by atoms with Gasteiger partial charge in [0.05, 0.1) is 12.2 Å². The Morgan fingerprint density at radius 2 is 1.93 bits per heavy atom. The molecule has 1 atom stereocenters. The van der Waals surface area contributed by atoms with Crippen LogP contribution in [0.2, 0.25) is 0 Å². The van der Waals surface area contributed by atoms with Crippen molar-refractivity contribution >= 4 is 12.4 Å². The molecule has 0 spiro atoms. The molecule has 0 saturated carbocycles. The van der Waals surface area contributed by atoms with E-state index in [2.05, 4.69) is 4.98 Å². The zero-order valence-corrected chi connectivity index (χ0v) is 9.20. The van der Waals surface area contributed by atoms with Crippen molar-refractivity contribution < 1.29 is 4.42 Å². The normalized spacial score (nSPS) is 11.9. The molecular weight excluding hydrogens is 212 g/mol. The van der Waals surface area contributed by atoms with Crippen LogP contribution in [-0.2, 0) is 0 Å². The predicted molar refractivity (Wildman–Crippen MR) is 61.8 cm³/mol. The minimum atomic E-state index is -0.160. The van der Waals surface area contributed by atoms with Gasteiger partial charge >= 0.3 is 0 Å². The zero-order chi connectivity index (χ0) is 9.97. The molecule has 2 aromatic rings. The second kappa shape index (κ2) is 4.96. The largest absolute Gasteiger partial charge is 0.439 e. The first kappa shape index (κ1) is 11.8. The Bertz CT molecular complexity index is 412. The topological polar surface area (TPSA) is 52.0 Å². The molecule has 80 valence electrons. The Kier molecular flexibility index (Phi) is 3.88. The van der Waals surface area contributed by atoms with Gasteiger partial charge in [-0.25, -0.2) is 4.98 Å². The summed E-state index contributed by atoms with van der Waals surface area (Å²) in [6.07, 6.45) is 1.70. The predicted octanol–water partition coefficient (Wildman–Crippen LogP) is 2.78. The number of benzene rings is 1. The second-order valence-corrected chi connectivity index (χ2v) is 3.22. The van der Waals surface area contributed by atoms with Crippen LogP contribution in [0.3, 0.4) is 0 Å². The molecule has 0 bridgehead atoms. The number of nitrogens with two attached hydrogens (primary N) is 1. The average molecular weight is 225 g/mol. The van der Waals surface area contributed by atoms with Crippen molar-refractivity contribution in [3.63, 3.8) is 0 Å². The zero-order valence-electron chi connectivity index (χ0n) is 8.38. The lowest BCUT2D eigenvalue weighted by Gasteiger charge is -1.97. The van der Waals surface area contributed by atoms with E-state index in [4.69, 9.17) is 10.2 Å². The molecule has 2 rings (SSSR count). The molecule has 3 nitrogen and oxygen atoms in total. The van der Waals surface area contributed by atoms with Crippen LogP contribution < -0.4 is 5.73 Å². The highest BCUT2D eigenvalue weighted by atomic mass is 35.5. The Morgan fingerprint density at radius 3 is 2.47 bits per heavy atom. The number of hydrogen-bond acceptors (Lipinski definition) is 3. The van der Waals surface area contributed by atoms with E-state index in [0.717, 1.165) is 11.3 Å². The number of aromatic nitrogens is 1. The number of rotatable bonds is 2. The first-order valence-electron chi connectivity index (χ1n) is 4.54. The number of nitrogens with zero attached hydrogens (tertiary/aromatic N) is 1. The molecule has 0 unspecified atom stereocenters. The van der Waals surface area contributed by atoms with Gasteiger partial charge in [0.1, 0.15) is 0 Å². The van der Waals surface area contributed by atoms with Gasteiger partial charge in [-0.1, -0.05) is 30.3 Å². The van der Waals surface area contributed by atoms with Crippen LogP contribution in [-0.4, -0.2) is 4.98 Å². The van der Waals surface area contributed by atoms with Crippen molar-refractivity contribution in [2.24, 2.45) is 5.73 Å². The fourth-order valence-corrected chi connectivity index (χ4v) is 1.23. The van der Waals surface area contributed by atoms with E-state index in [1.807, 2.05) is 37.3 Å². The molecule has 0 amide bonds. The van der Waals surface area contributed by atoms with Gasteiger partial charge in [-0.2, -0.15) is 0 Å². The van der Waals surface area contributed by atoms with Crippen molar-refractivity contribution in [1.82, 2.24) is 4.98 Å². The fraction of sp³-hybridized carbons (Fsp3) is 0.182. The molecule has 0 aliphatic rings. The highest BCUT2D eigenvalue weighted by Crippen LogP contribution is 2.21. The summed E-state index contributed by atoms with van der Waals surface area (Å²) < 4.78 is 5.50. The summed E-state index contributed by atoms with van der Waals surface area (Å²) in [5, 5.41) is 0. The van der Waals surface area contributed by atoms with Crippen molar-refractivity contribution in [2.75, 3.05) is 0 Å². The molecule has 0 aliphatic heterocycles. The van der Waals surface area contributed by atoms with E-state index in [9.17, 15) is 0 Å². The summed E-state index contributed by atoms with van der Waals surface area (Å²) in [5.74, 6) is 1.33. The molecule has 1 aromatic carbocycles. The van der Waals surface area contributed by atoms with Crippen LogP contribution in [0, 0.1) is 0 Å². The lowest BCUT2D eigenvalue weighted by atomic mass is 10.2. The molecule has 1 aromatic heterocycles. The first-order valence-corrected chi connectivity index (χ1v) is 4.54. The maximum atomic E-state index is 5.65. The van der Waals surface area contributed by atoms with Crippen molar-refractivity contribution in [3.8, 4) is 11.3 Å². The molecule has 0 aliphatic carbocycles. The van der Waals surface area contributed by atoms with Gasteiger partial charge in [0.15, 0.2) is 5.76 Å². The van der Waals surface area contributed by atoms with Gasteiger partial charge in [-0.05, 0) is 6.92 Å². The Labute approximate surface area is 94.7 Å². The van der Waals surface area contributed by atoms with E-state index in [0.29, 0.717) is 5.89 Å². The van der Waals surface area contributed by atoms with Crippen LogP contribution in [0.15, 0.2) is 40.9 Å². The Hall–Kier alpha value is -1.32. The smallest absolute Gasteiger partial charge is 0.211 e. The minimum Gasteiger partial charge on any atom is -0.439 e. The van der Waals surface area contributed by atoms with E-state index >= 15 is 0 Å². The second-order valence-electron chi connectivity index (χ2n) is 3.22. The number of oxazole rings is 1. The quantitative estimate of drug-likeness (QED) is 0.854. The summed E-state index contributed by atoms with van der Waals surface area (Å²) in [5.41, 5.74) is 6.67. The Morgan fingerprint density at radius 1 is 1.27 bits per heavy atom. The third-order valence-corrected chi connectivity index (χ3v) is 1.97. The van der Waals surface area contributed by atoms with E-state index in [1.165, 1.54) is 0 Å². The van der Waals surface area contributed by atoms with Gasteiger partial charge in [-0.15, -0.1) is 12.4 Å². The SMILES string of the molecule is C[C@@H](N)c1ncc(-c2ccccc2)o1.Cl. The third kappa shape index (κ3) is 2.58. The summed E-state index contributed by atoms with van der Waals surface area (Å²) in [4.78, 5) is 4.10. The summed E-state index contributed by atoms with van der Waals surface area (Å²) >= 11 is 0. The Balaban J connectivity index is 0.00000112. The van der Waals surface area contributed by atoms with Gasteiger partial charge in [0.25, 0.3) is 0 Å². The lowest BCUT2D eigenvalue weighted by Crippen LogP contribution is -2.04. The summed E-state index contributed by atoms with van der Waals surface area (Å²) in [6, 6.07) is 9.68. The molecule has 0 saturated heterocycles. The molecule has 0 fully saturated rings. The lowest BCUT2D eigenvalue weighted by molar-refractivity contribution is 0.473. The first-order chi connectivity index (χ1) is 6.77. The fourth-order valence-electron chi connectivity index (χ4n) is 1.23. The summed E-state index contributed by atoms with van der Waals surface area (Å²) in [7, 11) is 0. The van der Waals surface area contributed by atoms with Gasteiger partial charge in [-0.3, -0.25) is 0 Å². The van der Waals surface area contributed by atoms with E-state index in [-0.39, 0.29) is 18.4 Å². The van der Waals surface area contributed by atoms with E-state index < -0.39 is 0 Å². The maximum absolute atomic E-state index is 5.65. The molecule has 0 radical (unpaired) electrons. The van der Waals surface area contributed by atoms with E-state index in [1.54, 1.807) is 6.20 Å². The summed E-state index contributed by atoms with van der Waals surface area (Å²) in [6.45, 7) is 1.85. The number of halogens is 1.